The molecule has 4 fully saturated rings. The highest BCUT2D eigenvalue weighted by atomic mass is 32.2. The number of rotatable bonds is 5. The van der Waals surface area contributed by atoms with Crippen LogP contribution in [0.5, 0.6) is 0 Å². The summed E-state index contributed by atoms with van der Waals surface area (Å²) in [5.74, 6) is 2.96. The number of carbonyl (C=O) groups is 2. The van der Waals surface area contributed by atoms with Crippen LogP contribution < -0.4 is 10.6 Å². The number of amides is 3. The van der Waals surface area contributed by atoms with Crippen LogP contribution in [0.3, 0.4) is 0 Å². The Balaban J connectivity index is 1.46. The minimum Gasteiger partial charge on any atom is -0.335 e. The molecule has 4 nitrogen and oxygen atoms in total. The number of hydrogen-bond acceptors (Lipinski definition) is 3. The molecular weight excluding hydrogens is 296 g/mol. The first-order valence-corrected chi connectivity index (χ1v) is 9.71. The van der Waals surface area contributed by atoms with E-state index in [4.69, 9.17) is 0 Å². The Labute approximate surface area is 137 Å². The summed E-state index contributed by atoms with van der Waals surface area (Å²) in [6.45, 7) is 3.95. The van der Waals surface area contributed by atoms with Gasteiger partial charge < -0.3 is 5.32 Å². The van der Waals surface area contributed by atoms with E-state index in [9.17, 15) is 9.59 Å². The fraction of sp³-hybridized carbons (Fsp3) is 0.882. The zero-order chi connectivity index (χ0) is 15.7. The Kier molecular flexibility index (Phi) is 4.72. The van der Waals surface area contributed by atoms with Gasteiger partial charge in [-0.1, -0.05) is 6.92 Å². The molecule has 0 heterocycles. The topological polar surface area (TPSA) is 58.2 Å². The molecule has 3 amide bonds. The zero-order valence-corrected chi connectivity index (χ0v) is 14.5. The highest BCUT2D eigenvalue weighted by Gasteiger charge is 2.51. The van der Waals surface area contributed by atoms with E-state index in [0.717, 1.165) is 24.2 Å². The molecule has 0 aromatic carbocycles. The van der Waals surface area contributed by atoms with Gasteiger partial charge in [-0.25, -0.2) is 4.79 Å². The predicted molar refractivity (Wildman–Crippen MR) is 89.8 cm³/mol. The number of urea groups is 1. The number of thioether (sulfide) groups is 1. The van der Waals surface area contributed by atoms with Crippen LogP contribution in [-0.2, 0) is 4.79 Å². The minimum atomic E-state index is -0.356. The maximum absolute atomic E-state index is 12.0. The van der Waals surface area contributed by atoms with Gasteiger partial charge in [-0.15, -0.1) is 11.8 Å². The molecule has 0 aromatic rings. The third-order valence-corrected chi connectivity index (χ3v) is 7.25. The average molecular weight is 324 g/mol. The summed E-state index contributed by atoms with van der Waals surface area (Å²) in [5, 5.41) is 5.24. The van der Waals surface area contributed by atoms with Crippen LogP contribution in [0, 0.1) is 17.8 Å². The van der Waals surface area contributed by atoms with E-state index >= 15 is 0 Å². The Morgan fingerprint density at radius 1 is 1.14 bits per heavy atom. The van der Waals surface area contributed by atoms with Crippen molar-refractivity contribution in [3.8, 4) is 0 Å². The minimum absolute atomic E-state index is 0.101. The summed E-state index contributed by atoms with van der Waals surface area (Å²) in [4.78, 5) is 23.7. The van der Waals surface area contributed by atoms with Crippen molar-refractivity contribution in [1.82, 2.24) is 10.6 Å². The first-order chi connectivity index (χ1) is 10.5. The van der Waals surface area contributed by atoms with Crippen LogP contribution in [0.2, 0.25) is 0 Å². The Morgan fingerprint density at radius 2 is 1.68 bits per heavy atom. The number of imide groups is 1. The molecule has 4 aliphatic rings. The van der Waals surface area contributed by atoms with Crippen LogP contribution in [0.15, 0.2) is 0 Å². The van der Waals surface area contributed by atoms with Crippen molar-refractivity contribution in [2.24, 2.45) is 17.8 Å². The average Bonchev–Trinajstić information content (AvgIpc) is 2.43. The molecule has 0 aliphatic heterocycles. The monoisotopic (exact) mass is 324 g/mol. The molecule has 0 saturated heterocycles. The van der Waals surface area contributed by atoms with E-state index in [1.54, 1.807) is 0 Å². The maximum Gasteiger partial charge on any atom is 0.321 e. The van der Waals surface area contributed by atoms with Crippen molar-refractivity contribution < 1.29 is 9.59 Å². The third-order valence-electron chi connectivity index (χ3n) is 5.73. The molecule has 0 radical (unpaired) electrons. The quantitative estimate of drug-likeness (QED) is 0.815. The Morgan fingerprint density at radius 3 is 2.18 bits per heavy atom. The van der Waals surface area contributed by atoms with E-state index in [1.807, 2.05) is 25.6 Å². The van der Waals surface area contributed by atoms with Crippen LogP contribution in [0.1, 0.15) is 58.8 Å². The first kappa shape index (κ1) is 16.2. The van der Waals surface area contributed by atoms with Crippen molar-refractivity contribution in [1.29, 1.82) is 0 Å². The summed E-state index contributed by atoms with van der Waals surface area (Å²) in [7, 11) is 0. The lowest BCUT2D eigenvalue weighted by atomic mass is 9.56. The lowest BCUT2D eigenvalue weighted by Gasteiger charge is -2.56. The van der Waals surface area contributed by atoms with Gasteiger partial charge >= 0.3 is 6.03 Å². The second kappa shape index (κ2) is 6.42. The highest BCUT2D eigenvalue weighted by molar-refractivity contribution is 8.01. The van der Waals surface area contributed by atoms with Gasteiger partial charge in [0.1, 0.15) is 0 Å². The van der Waals surface area contributed by atoms with Crippen molar-refractivity contribution in [2.45, 2.75) is 69.6 Å². The van der Waals surface area contributed by atoms with Gasteiger partial charge in [0.25, 0.3) is 0 Å². The molecule has 4 saturated carbocycles. The number of hydrogen-bond donors (Lipinski definition) is 2. The Bertz CT molecular complexity index is 417. The molecule has 4 bridgehead atoms. The molecule has 0 aromatic heterocycles. The summed E-state index contributed by atoms with van der Waals surface area (Å²) >= 11 is 1.82. The highest BCUT2D eigenvalue weighted by Crippen LogP contribution is 2.60. The normalized spacial score (nSPS) is 36.9. The molecule has 4 aliphatic carbocycles. The maximum atomic E-state index is 12.0. The van der Waals surface area contributed by atoms with Gasteiger partial charge in [-0.2, -0.15) is 0 Å². The van der Waals surface area contributed by atoms with Gasteiger partial charge in [-0.05, 0) is 69.6 Å². The van der Waals surface area contributed by atoms with Crippen molar-refractivity contribution >= 4 is 23.7 Å². The van der Waals surface area contributed by atoms with Gasteiger partial charge in [0, 0.05) is 10.8 Å². The molecule has 0 spiro atoms. The fourth-order valence-corrected chi connectivity index (χ4v) is 6.52. The van der Waals surface area contributed by atoms with Crippen LogP contribution in [0.25, 0.3) is 0 Å². The number of carbonyl (C=O) groups excluding carboxylic acids is 2. The molecule has 4 rings (SSSR count). The second-order valence-electron chi connectivity index (χ2n) is 7.72. The molecular formula is C17H28N2O2S. The van der Waals surface area contributed by atoms with E-state index in [0.29, 0.717) is 10.5 Å². The van der Waals surface area contributed by atoms with E-state index < -0.39 is 0 Å². The SMILES string of the molecule is CC[C@H](C)NC(=O)NC(=O)CSC12CC3CC(CC(C3)C1)C2. The van der Waals surface area contributed by atoms with Crippen LogP contribution in [-0.4, -0.2) is 28.5 Å². The van der Waals surface area contributed by atoms with Gasteiger partial charge in [0.2, 0.25) is 5.91 Å². The molecule has 2 N–H and O–H groups in total. The second-order valence-corrected chi connectivity index (χ2v) is 9.16. The summed E-state index contributed by atoms with van der Waals surface area (Å²) in [6.07, 6.45) is 8.99. The fourth-order valence-electron chi connectivity index (χ4n) is 4.95. The van der Waals surface area contributed by atoms with Crippen molar-refractivity contribution in [3.63, 3.8) is 0 Å². The predicted octanol–water partition coefficient (Wildman–Crippen LogP) is 3.31. The molecule has 1 atom stereocenters. The van der Waals surface area contributed by atoms with E-state index in [2.05, 4.69) is 10.6 Å². The smallest absolute Gasteiger partial charge is 0.321 e. The van der Waals surface area contributed by atoms with Crippen molar-refractivity contribution in [2.75, 3.05) is 5.75 Å². The summed E-state index contributed by atoms with van der Waals surface area (Å²) < 4.78 is 0.333. The van der Waals surface area contributed by atoms with Crippen LogP contribution >= 0.6 is 11.8 Å². The summed E-state index contributed by atoms with van der Waals surface area (Å²) in [6, 6.07) is -0.255. The Hall–Kier alpha value is -0.710. The molecule has 124 valence electrons. The number of nitrogens with one attached hydrogen (secondary N) is 2. The van der Waals surface area contributed by atoms with Crippen LogP contribution in [0.4, 0.5) is 4.79 Å². The standard InChI is InChI=1S/C17H28N2O2S/c1-3-11(2)18-16(21)19-15(20)10-22-17-7-12-4-13(8-17)6-14(5-12)9-17/h11-14H,3-10H2,1-2H3,(H2,18,19,20,21)/t11-,12?,13?,14?,17?/m0/s1. The molecule has 22 heavy (non-hydrogen) atoms. The van der Waals surface area contributed by atoms with E-state index in [-0.39, 0.29) is 18.0 Å². The lowest BCUT2D eigenvalue weighted by molar-refractivity contribution is -0.117. The van der Waals surface area contributed by atoms with Gasteiger partial charge in [-0.3, -0.25) is 10.1 Å². The molecule has 0 unspecified atom stereocenters. The first-order valence-electron chi connectivity index (χ1n) is 8.72. The summed E-state index contributed by atoms with van der Waals surface area (Å²) in [5.41, 5.74) is 0. The lowest BCUT2D eigenvalue weighted by Crippen LogP contribution is -2.49. The van der Waals surface area contributed by atoms with E-state index in [1.165, 1.54) is 38.5 Å². The van der Waals surface area contributed by atoms with Gasteiger partial charge in [0.05, 0.1) is 5.75 Å². The zero-order valence-electron chi connectivity index (χ0n) is 13.7. The largest absolute Gasteiger partial charge is 0.335 e. The van der Waals surface area contributed by atoms with Gasteiger partial charge in [0.15, 0.2) is 0 Å². The van der Waals surface area contributed by atoms with Crippen molar-refractivity contribution in [3.05, 3.63) is 0 Å². The molecule has 5 heteroatoms. The third kappa shape index (κ3) is 3.61.